The molecule has 0 unspecified atom stereocenters. The summed E-state index contributed by atoms with van der Waals surface area (Å²) in [6.07, 6.45) is 4.56. The summed E-state index contributed by atoms with van der Waals surface area (Å²) < 4.78 is 0. The second-order valence-corrected chi connectivity index (χ2v) is 9.32. The molecule has 0 aromatic carbocycles. The van der Waals surface area contributed by atoms with Crippen LogP contribution in [-0.4, -0.2) is 60.0 Å². The maximum Gasteiger partial charge on any atom is 0.234 e. The summed E-state index contributed by atoms with van der Waals surface area (Å²) in [5, 5.41) is 4.27. The van der Waals surface area contributed by atoms with Crippen molar-refractivity contribution in [2.24, 2.45) is 5.92 Å². The van der Waals surface area contributed by atoms with Crippen LogP contribution < -0.4 is 10.2 Å². The highest BCUT2D eigenvalue weighted by Gasteiger charge is 2.27. The van der Waals surface area contributed by atoms with Crippen LogP contribution in [0.1, 0.15) is 43.0 Å². The zero-order valence-electron chi connectivity index (χ0n) is 17.3. The Bertz CT molecular complexity index is 856. The number of nitrogens with zero attached hydrogens (tertiary/aromatic N) is 4. The van der Waals surface area contributed by atoms with Crippen molar-refractivity contribution in [1.29, 1.82) is 0 Å². The Morgan fingerprint density at radius 1 is 1.25 bits per heavy atom. The van der Waals surface area contributed by atoms with Crippen LogP contribution in [0.25, 0.3) is 10.2 Å². The van der Waals surface area contributed by atoms with Crippen molar-refractivity contribution < 1.29 is 4.79 Å². The number of hydrogen-bond donors (Lipinski definition) is 1. The molecule has 28 heavy (non-hydrogen) atoms. The minimum atomic E-state index is 0.136. The van der Waals surface area contributed by atoms with E-state index in [1.165, 1.54) is 28.7 Å². The first-order valence-corrected chi connectivity index (χ1v) is 11.4. The van der Waals surface area contributed by atoms with Gasteiger partial charge in [-0.05, 0) is 44.1 Å². The van der Waals surface area contributed by atoms with E-state index in [1.807, 2.05) is 18.3 Å². The minimum Gasteiger partial charge on any atom is -0.355 e. The fraction of sp³-hybridized carbons (Fsp3) is 0.667. The summed E-state index contributed by atoms with van der Waals surface area (Å²) in [6.45, 7) is 11.3. The van der Waals surface area contributed by atoms with Crippen LogP contribution in [0.4, 0.5) is 5.82 Å². The van der Waals surface area contributed by atoms with Crippen LogP contribution in [0.5, 0.6) is 0 Å². The van der Waals surface area contributed by atoms with Gasteiger partial charge in [-0.25, -0.2) is 9.97 Å². The van der Waals surface area contributed by atoms with Gasteiger partial charge < -0.3 is 10.2 Å². The van der Waals surface area contributed by atoms with Gasteiger partial charge >= 0.3 is 0 Å². The molecule has 0 saturated carbocycles. The average Bonchev–Trinajstić information content (AvgIpc) is 3.03. The Morgan fingerprint density at radius 3 is 2.79 bits per heavy atom. The zero-order chi connectivity index (χ0) is 19.7. The molecule has 152 valence electrons. The SMILES string of the molecule is CCCNC(=O)CN1CCN(c2nc(C)nc3sc4c(c23)CC[C@@H](C)C4)CC1. The number of thiophene rings is 1. The number of aryl methyl sites for hydroxylation is 2. The molecule has 4 rings (SSSR count). The molecule has 1 saturated heterocycles. The molecule has 1 aliphatic heterocycles. The molecule has 1 N–H and O–H groups in total. The van der Waals surface area contributed by atoms with Crippen molar-refractivity contribution in [3.05, 3.63) is 16.3 Å². The number of aromatic nitrogens is 2. The van der Waals surface area contributed by atoms with Gasteiger partial charge in [0.15, 0.2) is 0 Å². The zero-order valence-corrected chi connectivity index (χ0v) is 18.1. The van der Waals surface area contributed by atoms with Gasteiger partial charge in [0, 0.05) is 37.6 Å². The van der Waals surface area contributed by atoms with E-state index >= 15 is 0 Å². The molecule has 3 heterocycles. The Hall–Kier alpha value is -1.73. The van der Waals surface area contributed by atoms with Crippen molar-refractivity contribution >= 4 is 33.3 Å². The Kier molecular flexibility index (Phi) is 5.83. The Morgan fingerprint density at radius 2 is 2.04 bits per heavy atom. The first-order valence-electron chi connectivity index (χ1n) is 10.6. The Balaban J connectivity index is 1.51. The lowest BCUT2D eigenvalue weighted by molar-refractivity contribution is -0.122. The molecule has 7 heteroatoms. The van der Waals surface area contributed by atoms with Gasteiger partial charge in [-0.15, -0.1) is 11.3 Å². The van der Waals surface area contributed by atoms with Gasteiger partial charge in [0.25, 0.3) is 0 Å². The maximum absolute atomic E-state index is 12.0. The van der Waals surface area contributed by atoms with Crippen molar-refractivity contribution in [1.82, 2.24) is 20.2 Å². The third kappa shape index (κ3) is 4.01. The number of fused-ring (bicyclic) bond motifs is 3. The molecule has 1 aliphatic carbocycles. The highest BCUT2D eigenvalue weighted by atomic mass is 32.1. The summed E-state index contributed by atoms with van der Waals surface area (Å²) in [7, 11) is 0. The Labute approximate surface area is 171 Å². The lowest BCUT2D eigenvalue weighted by Crippen LogP contribution is -2.49. The molecule has 1 fully saturated rings. The molecule has 2 aliphatic rings. The molecule has 6 nitrogen and oxygen atoms in total. The first-order chi connectivity index (χ1) is 13.5. The maximum atomic E-state index is 12.0. The van der Waals surface area contributed by atoms with Crippen LogP contribution >= 0.6 is 11.3 Å². The third-order valence-electron chi connectivity index (χ3n) is 5.86. The van der Waals surface area contributed by atoms with Gasteiger partial charge in [0.2, 0.25) is 5.91 Å². The molecule has 1 amide bonds. The van der Waals surface area contributed by atoms with E-state index in [4.69, 9.17) is 9.97 Å². The second kappa shape index (κ2) is 8.33. The van der Waals surface area contributed by atoms with Crippen molar-refractivity contribution in [3.63, 3.8) is 0 Å². The van der Waals surface area contributed by atoms with Crippen LogP contribution in [0, 0.1) is 12.8 Å². The number of hydrogen-bond acceptors (Lipinski definition) is 6. The normalized spacial score (nSPS) is 20.4. The smallest absolute Gasteiger partial charge is 0.234 e. The van der Waals surface area contributed by atoms with E-state index in [1.54, 1.807) is 0 Å². The van der Waals surface area contributed by atoms with Crippen molar-refractivity contribution in [2.45, 2.75) is 46.5 Å². The van der Waals surface area contributed by atoms with E-state index in [-0.39, 0.29) is 5.91 Å². The number of nitrogens with one attached hydrogen (secondary N) is 1. The van der Waals surface area contributed by atoms with Gasteiger partial charge in [-0.2, -0.15) is 0 Å². The monoisotopic (exact) mass is 401 g/mol. The molecule has 0 bridgehead atoms. The highest BCUT2D eigenvalue weighted by molar-refractivity contribution is 7.19. The predicted molar refractivity (Wildman–Crippen MR) is 115 cm³/mol. The fourth-order valence-electron chi connectivity index (χ4n) is 4.30. The summed E-state index contributed by atoms with van der Waals surface area (Å²) >= 11 is 1.87. The number of rotatable bonds is 5. The van der Waals surface area contributed by atoms with E-state index < -0.39 is 0 Å². The molecule has 0 radical (unpaired) electrons. The van der Waals surface area contributed by atoms with Gasteiger partial charge in [0.05, 0.1) is 11.9 Å². The highest BCUT2D eigenvalue weighted by Crippen LogP contribution is 2.41. The summed E-state index contributed by atoms with van der Waals surface area (Å²) in [5.41, 5.74) is 1.49. The van der Waals surface area contributed by atoms with E-state index in [2.05, 4.69) is 29.0 Å². The third-order valence-corrected chi connectivity index (χ3v) is 7.01. The summed E-state index contributed by atoms with van der Waals surface area (Å²) in [4.78, 5) is 29.0. The molecule has 2 aromatic rings. The number of piperazine rings is 1. The summed E-state index contributed by atoms with van der Waals surface area (Å²) in [6, 6.07) is 0. The van der Waals surface area contributed by atoms with Crippen LogP contribution in [0.15, 0.2) is 0 Å². The second-order valence-electron chi connectivity index (χ2n) is 8.24. The van der Waals surface area contributed by atoms with Gasteiger partial charge in [0.1, 0.15) is 16.5 Å². The minimum absolute atomic E-state index is 0.136. The molecule has 0 spiro atoms. The largest absolute Gasteiger partial charge is 0.355 e. The number of carbonyl (C=O) groups is 1. The average molecular weight is 402 g/mol. The summed E-state index contributed by atoms with van der Waals surface area (Å²) in [5.74, 6) is 2.87. The van der Waals surface area contributed by atoms with E-state index in [0.717, 1.165) is 68.0 Å². The van der Waals surface area contributed by atoms with Crippen LogP contribution in [-0.2, 0) is 17.6 Å². The van der Waals surface area contributed by atoms with Crippen LogP contribution in [0.2, 0.25) is 0 Å². The van der Waals surface area contributed by atoms with E-state index in [9.17, 15) is 4.79 Å². The first kappa shape index (κ1) is 19.6. The van der Waals surface area contributed by atoms with Gasteiger partial charge in [-0.1, -0.05) is 13.8 Å². The quantitative estimate of drug-likeness (QED) is 0.835. The molecule has 2 aromatic heterocycles. The fourth-order valence-corrected chi connectivity index (χ4v) is 5.72. The van der Waals surface area contributed by atoms with Crippen molar-refractivity contribution in [3.8, 4) is 0 Å². The number of anilines is 1. The van der Waals surface area contributed by atoms with E-state index in [0.29, 0.717) is 6.54 Å². The lowest BCUT2D eigenvalue weighted by Gasteiger charge is -2.35. The topological polar surface area (TPSA) is 61.4 Å². The van der Waals surface area contributed by atoms with Gasteiger partial charge in [-0.3, -0.25) is 9.69 Å². The number of amides is 1. The predicted octanol–water partition coefficient (Wildman–Crippen LogP) is 2.77. The standard InChI is InChI=1S/C21H31N5OS/c1-4-7-22-18(27)13-25-8-10-26(11-9-25)20-19-16-6-5-14(2)12-17(16)28-21(19)24-15(3)23-20/h14H,4-13H2,1-3H3,(H,22,27)/t14-/m1/s1. The number of carbonyl (C=O) groups excluding carboxylic acids is 1. The molecular weight excluding hydrogens is 370 g/mol. The van der Waals surface area contributed by atoms with Crippen molar-refractivity contribution in [2.75, 3.05) is 44.2 Å². The lowest BCUT2D eigenvalue weighted by atomic mass is 9.89. The molecular formula is C21H31N5OS. The van der Waals surface area contributed by atoms with Crippen LogP contribution in [0.3, 0.4) is 0 Å². The molecule has 1 atom stereocenters.